The van der Waals surface area contributed by atoms with Crippen LogP contribution in [0.1, 0.15) is 34.7 Å². The normalized spacial score (nSPS) is 10.8. The van der Waals surface area contributed by atoms with Crippen LogP contribution < -0.4 is 14.8 Å². The van der Waals surface area contributed by atoms with Crippen molar-refractivity contribution in [1.29, 1.82) is 0 Å². The topological polar surface area (TPSA) is 78.3 Å². The third kappa shape index (κ3) is 6.30. The first-order chi connectivity index (χ1) is 17.7. The van der Waals surface area contributed by atoms with E-state index in [9.17, 15) is 4.79 Å². The highest BCUT2D eigenvalue weighted by Crippen LogP contribution is 2.28. The molecule has 0 aliphatic heterocycles. The third-order valence-electron chi connectivity index (χ3n) is 5.89. The van der Waals surface area contributed by atoms with Crippen LogP contribution in [0, 0.1) is 0 Å². The van der Waals surface area contributed by atoms with E-state index in [-0.39, 0.29) is 5.91 Å². The van der Waals surface area contributed by atoms with Crippen LogP contribution in [0.4, 0.5) is 0 Å². The molecule has 36 heavy (non-hydrogen) atoms. The first-order valence-corrected chi connectivity index (χ1v) is 12.2. The SMILES string of the molecule is C=CCc1ccc(OCCCn2c(CCCNC(=O)c3ccccn3)nc3ccccc32)c(OC)c1. The molecule has 4 rings (SSSR count). The number of carbonyl (C=O) groups is 1. The number of nitrogens with zero attached hydrogens (tertiary/aromatic N) is 3. The second-order valence-electron chi connectivity index (χ2n) is 8.42. The van der Waals surface area contributed by atoms with Gasteiger partial charge in [-0.05, 0) is 61.2 Å². The fourth-order valence-corrected chi connectivity index (χ4v) is 4.13. The number of rotatable bonds is 13. The number of amides is 1. The summed E-state index contributed by atoms with van der Waals surface area (Å²) in [7, 11) is 1.66. The van der Waals surface area contributed by atoms with E-state index in [1.807, 2.05) is 48.5 Å². The largest absolute Gasteiger partial charge is 0.493 e. The highest BCUT2D eigenvalue weighted by atomic mass is 16.5. The molecule has 0 fully saturated rings. The molecule has 0 spiro atoms. The molecule has 0 unspecified atom stereocenters. The van der Waals surface area contributed by atoms with E-state index in [2.05, 4.69) is 27.5 Å². The fraction of sp³-hybridized carbons (Fsp3) is 0.276. The lowest BCUT2D eigenvalue weighted by Crippen LogP contribution is -2.25. The van der Waals surface area contributed by atoms with Gasteiger partial charge in [0.15, 0.2) is 11.5 Å². The summed E-state index contributed by atoms with van der Waals surface area (Å²) in [5.41, 5.74) is 3.65. The van der Waals surface area contributed by atoms with Crippen LogP contribution >= 0.6 is 0 Å². The van der Waals surface area contributed by atoms with Gasteiger partial charge in [0, 0.05) is 25.7 Å². The summed E-state index contributed by atoms with van der Waals surface area (Å²) in [4.78, 5) is 21.2. The number of pyridine rings is 1. The zero-order chi connectivity index (χ0) is 25.2. The minimum absolute atomic E-state index is 0.158. The number of carbonyl (C=O) groups excluding carboxylic acids is 1. The average Bonchev–Trinajstić information content (AvgIpc) is 3.27. The Morgan fingerprint density at radius 3 is 2.75 bits per heavy atom. The molecule has 2 aromatic heterocycles. The highest BCUT2D eigenvalue weighted by Gasteiger charge is 2.12. The van der Waals surface area contributed by atoms with E-state index in [0.717, 1.165) is 66.1 Å². The summed E-state index contributed by atoms with van der Waals surface area (Å²) >= 11 is 0. The first-order valence-electron chi connectivity index (χ1n) is 12.2. The van der Waals surface area contributed by atoms with Gasteiger partial charge in [0.25, 0.3) is 5.91 Å². The van der Waals surface area contributed by atoms with Gasteiger partial charge in [-0.15, -0.1) is 6.58 Å². The number of allylic oxidation sites excluding steroid dienone is 1. The van der Waals surface area contributed by atoms with Crippen molar-refractivity contribution >= 4 is 16.9 Å². The molecule has 0 atom stereocenters. The summed E-state index contributed by atoms with van der Waals surface area (Å²) in [6, 6.07) is 19.5. The lowest BCUT2D eigenvalue weighted by molar-refractivity contribution is 0.0948. The molecular weight excluding hydrogens is 452 g/mol. The van der Waals surface area contributed by atoms with Crippen LogP contribution in [0.5, 0.6) is 11.5 Å². The smallest absolute Gasteiger partial charge is 0.269 e. The molecule has 0 aliphatic carbocycles. The van der Waals surface area contributed by atoms with Crippen molar-refractivity contribution in [3.8, 4) is 11.5 Å². The van der Waals surface area contributed by atoms with Crippen molar-refractivity contribution in [2.45, 2.75) is 32.2 Å². The number of nitrogens with one attached hydrogen (secondary N) is 1. The molecule has 0 aliphatic rings. The third-order valence-corrected chi connectivity index (χ3v) is 5.89. The van der Waals surface area contributed by atoms with Gasteiger partial charge >= 0.3 is 0 Å². The number of hydrogen-bond acceptors (Lipinski definition) is 5. The van der Waals surface area contributed by atoms with Crippen molar-refractivity contribution < 1.29 is 14.3 Å². The van der Waals surface area contributed by atoms with Crippen molar-refractivity contribution in [3.05, 3.63) is 96.6 Å². The molecule has 4 aromatic rings. The zero-order valence-corrected chi connectivity index (χ0v) is 20.7. The number of hydrogen-bond donors (Lipinski definition) is 1. The number of para-hydroxylation sites is 2. The minimum atomic E-state index is -0.158. The Morgan fingerprint density at radius 1 is 1.08 bits per heavy atom. The summed E-state index contributed by atoms with van der Waals surface area (Å²) in [6.07, 6.45) is 6.65. The monoisotopic (exact) mass is 484 g/mol. The van der Waals surface area contributed by atoms with E-state index in [1.165, 1.54) is 0 Å². The van der Waals surface area contributed by atoms with Gasteiger partial charge in [-0.3, -0.25) is 9.78 Å². The average molecular weight is 485 g/mol. The fourth-order valence-electron chi connectivity index (χ4n) is 4.13. The van der Waals surface area contributed by atoms with E-state index >= 15 is 0 Å². The van der Waals surface area contributed by atoms with E-state index in [0.29, 0.717) is 18.8 Å². The zero-order valence-electron chi connectivity index (χ0n) is 20.7. The number of ether oxygens (including phenoxy) is 2. The lowest BCUT2D eigenvalue weighted by atomic mass is 10.1. The summed E-state index contributed by atoms with van der Waals surface area (Å²) in [6.45, 7) is 5.69. The van der Waals surface area contributed by atoms with Gasteiger partial charge in [0.05, 0.1) is 24.8 Å². The molecule has 0 saturated heterocycles. The maximum Gasteiger partial charge on any atom is 0.269 e. The highest BCUT2D eigenvalue weighted by molar-refractivity contribution is 5.92. The minimum Gasteiger partial charge on any atom is -0.493 e. The molecule has 2 heterocycles. The number of aryl methyl sites for hydroxylation is 2. The van der Waals surface area contributed by atoms with Crippen LogP contribution in [0.25, 0.3) is 11.0 Å². The Bertz CT molecular complexity index is 1300. The predicted octanol–water partition coefficient (Wildman–Crippen LogP) is 5.00. The number of imidazole rings is 1. The molecular formula is C29H32N4O3. The van der Waals surface area contributed by atoms with Crippen LogP contribution in [0.15, 0.2) is 79.5 Å². The van der Waals surface area contributed by atoms with E-state index in [1.54, 1.807) is 25.4 Å². The Kier molecular flexibility index (Phi) is 8.70. The first kappa shape index (κ1) is 25.0. The Balaban J connectivity index is 1.34. The number of benzene rings is 2. The Hall–Kier alpha value is -4.13. The molecule has 1 N–H and O–H groups in total. The van der Waals surface area contributed by atoms with Crippen molar-refractivity contribution in [2.75, 3.05) is 20.3 Å². The summed E-state index contributed by atoms with van der Waals surface area (Å²) < 4.78 is 13.8. The molecule has 2 aromatic carbocycles. The van der Waals surface area contributed by atoms with Gasteiger partial charge in [0.1, 0.15) is 11.5 Å². The number of methoxy groups -OCH3 is 1. The van der Waals surface area contributed by atoms with Crippen molar-refractivity contribution in [2.24, 2.45) is 0 Å². The van der Waals surface area contributed by atoms with Gasteiger partial charge in [-0.2, -0.15) is 0 Å². The Morgan fingerprint density at radius 2 is 1.94 bits per heavy atom. The number of aromatic nitrogens is 3. The quantitative estimate of drug-likeness (QED) is 0.213. The molecule has 186 valence electrons. The maximum absolute atomic E-state index is 12.2. The summed E-state index contributed by atoms with van der Waals surface area (Å²) in [5.74, 6) is 2.32. The second-order valence-corrected chi connectivity index (χ2v) is 8.42. The second kappa shape index (κ2) is 12.5. The van der Waals surface area contributed by atoms with Gasteiger partial charge in [0.2, 0.25) is 0 Å². The molecule has 0 radical (unpaired) electrons. The molecule has 0 bridgehead atoms. The molecule has 0 saturated carbocycles. The molecule has 7 nitrogen and oxygen atoms in total. The molecule has 1 amide bonds. The Labute approximate surface area is 211 Å². The lowest BCUT2D eigenvalue weighted by Gasteiger charge is -2.13. The van der Waals surface area contributed by atoms with E-state index in [4.69, 9.17) is 14.5 Å². The van der Waals surface area contributed by atoms with Gasteiger partial charge in [-0.1, -0.05) is 30.3 Å². The van der Waals surface area contributed by atoms with Crippen molar-refractivity contribution in [3.63, 3.8) is 0 Å². The standard InChI is InChI=1S/C29H32N4O3/c1-3-10-22-15-16-26(27(21-22)35-2)36-20-9-19-33-25-13-5-4-11-23(25)32-28(33)14-8-18-31-29(34)24-12-6-7-17-30-24/h3-7,11-13,15-17,21H,1,8-10,14,18-20H2,2H3,(H,31,34). The molecule has 7 heteroatoms. The number of fused-ring (bicyclic) bond motifs is 1. The van der Waals surface area contributed by atoms with Crippen LogP contribution in [0.2, 0.25) is 0 Å². The van der Waals surface area contributed by atoms with Gasteiger partial charge < -0.3 is 19.4 Å². The summed E-state index contributed by atoms with van der Waals surface area (Å²) in [5, 5.41) is 2.94. The predicted molar refractivity (Wildman–Crippen MR) is 142 cm³/mol. The van der Waals surface area contributed by atoms with E-state index < -0.39 is 0 Å². The van der Waals surface area contributed by atoms with Crippen LogP contribution in [-0.2, 0) is 19.4 Å². The van der Waals surface area contributed by atoms with Crippen LogP contribution in [0.3, 0.4) is 0 Å². The van der Waals surface area contributed by atoms with Crippen LogP contribution in [-0.4, -0.2) is 40.7 Å². The van der Waals surface area contributed by atoms with Crippen molar-refractivity contribution in [1.82, 2.24) is 19.9 Å². The van der Waals surface area contributed by atoms with Gasteiger partial charge in [-0.25, -0.2) is 4.98 Å². The maximum atomic E-state index is 12.2.